The maximum Gasteiger partial charge on any atom is 0.323 e. The fourth-order valence-corrected chi connectivity index (χ4v) is 0.992. The number of carbonyl (C=O) groups is 1. The molecule has 3 heteroatoms. The molecular weight excluding hydrogens is 166 g/mol. The van der Waals surface area contributed by atoms with Crippen molar-refractivity contribution in [2.75, 3.05) is 13.2 Å². The van der Waals surface area contributed by atoms with Gasteiger partial charge < -0.3 is 4.74 Å². The molecule has 0 aromatic heterocycles. The Bertz CT molecular complexity index is 194. The van der Waals surface area contributed by atoms with E-state index in [1.807, 2.05) is 13.8 Å². The average Bonchev–Trinajstić information content (AvgIpc) is 2.05. The van der Waals surface area contributed by atoms with Crippen LogP contribution in [-0.4, -0.2) is 25.2 Å². The van der Waals surface area contributed by atoms with Crippen molar-refractivity contribution in [3.63, 3.8) is 0 Å². The molecule has 0 amide bonds. The SMILES string of the molecule is C#CCNC(C(=O)OCC)C(C)C. The summed E-state index contributed by atoms with van der Waals surface area (Å²) < 4.78 is 4.89. The highest BCUT2D eigenvalue weighted by Gasteiger charge is 2.21. The Morgan fingerprint density at radius 1 is 1.62 bits per heavy atom. The van der Waals surface area contributed by atoms with E-state index in [1.165, 1.54) is 0 Å². The Kier molecular flexibility index (Phi) is 5.99. The number of ether oxygens (including phenoxy) is 1. The second kappa shape index (κ2) is 6.50. The smallest absolute Gasteiger partial charge is 0.323 e. The maximum absolute atomic E-state index is 11.3. The second-order valence-corrected chi connectivity index (χ2v) is 3.06. The van der Waals surface area contributed by atoms with Gasteiger partial charge in [-0.2, -0.15) is 0 Å². The highest BCUT2D eigenvalue weighted by atomic mass is 16.5. The molecule has 0 aliphatic carbocycles. The highest BCUT2D eigenvalue weighted by molar-refractivity contribution is 5.76. The fraction of sp³-hybridized carbons (Fsp3) is 0.700. The monoisotopic (exact) mass is 183 g/mol. The number of rotatable bonds is 5. The molecule has 1 N–H and O–H groups in total. The van der Waals surface area contributed by atoms with Crippen molar-refractivity contribution < 1.29 is 9.53 Å². The molecule has 13 heavy (non-hydrogen) atoms. The molecule has 0 rings (SSSR count). The number of terminal acetylenes is 1. The van der Waals surface area contributed by atoms with Gasteiger partial charge in [0.05, 0.1) is 13.2 Å². The Balaban J connectivity index is 4.09. The van der Waals surface area contributed by atoms with Gasteiger partial charge in [0.1, 0.15) is 6.04 Å². The lowest BCUT2D eigenvalue weighted by atomic mass is 10.1. The zero-order valence-electron chi connectivity index (χ0n) is 8.46. The molecule has 0 saturated carbocycles. The van der Waals surface area contributed by atoms with Crippen molar-refractivity contribution in [2.24, 2.45) is 5.92 Å². The van der Waals surface area contributed by atoms with E-state index in [9.17, 15) is 4.79 Å². The van der Waals surface area contributed by atoms with Crippen LogP contribution in [0.25, 0.3) is 0 Å². The molecule has 0 saturated heterocycles. The van der Waals surface area contributed by atoms with E-state index in [0.29, 0.717) is 13.2 Å². The molecule has 0 spiro atoms. The minimum atomic E-state index is -0.295. The van der Waals surface area contributed by atoms with Crippen LogP contribution < -0.4 is 5.32 Å². The molecular formula is C10H17NO2. The van der Waals surface area contributed by atoms with Gasteiger partial charge in [0, 0.05) is 0 Å². The van der Waals surface area contributed by atoms with Crippen molar-refractivity contribution in [3.05, 3.63) is 0 Å². The first kappa shape index (κ1) is 12.0. The first-order chi connectivity index (χ1) is 6.13. The van der Waals surface area contributed by atoms with Gasteiger partial charge in [-0.15, -0.1) is 6.42 Å². The van der Waals surface area contributed by atoms with Crippen LogP contribution in [0.3, 0.4) is 0 Å². The molecule has 0 bridgehead atoms. The zero-order valence-corrected chi connectivity index (χ0v) is 8.46. The molecule has 74 valence electrons. The third-order valence-corrected chi connectivity index (χ3v) is 1.63. The lowest BCUT2D eigenvalue weighted by molar-refractivity contribution is -0.146. The standard InChI is InChI=1S/C10H17NO2/c1-5-7-11-9(8(3)4)10(12)13-6-2/h1,8-9,11H,6-7H2,2-4H3. The van der Waals surface area contributed by atoms with Crippen molar-refractivity contribution in [2.45, 2.75) is 26.8 Å². The minimum absolute atomic E-state index is 0.187. The predicted octanol–water partition coefficient (Wildman–Crippen LogP) is 0.797. The topological polar surface area (TPSA) is 38.3 Å². The largest absolute Gasteiger partial charge is 0.465 e. The first-order valence-electron chi connectivity index (χ1n) is 4.47. The van der Waals surface area contributed by atoms with E-state index in [2.05, 4.69) is 11.2 Å². The lowest BCUT2D eigenvalue weighted by Gasteiger charge is -2.18. The van der Waals surface area contributed by atoms with Crippen LogP contribution in [0.5, 0.6) is 0 Å². The van der Waals surface area contributed by atoms with Crippen molar-refractivity contribution in [1.29, 1.82) is 0 Å². The molecule has 0 aliphatic heterocycles. The average molecular weight is 183 g/mol. The number of hydrogen-bond acceptors (Lipinski definition) is 3. The van der Waals surface area contributed by atoms with Crippen molar-refractivity contribution in [1.82, 2.24) is 5.32 Å². The summed E-state index contributed by atoms with van der Waals surface area (Å²) >= 11 is 0. The fourth-order valence-electron chi connectivity index (χ4n) is 0.992. The first-order valence-corrected chi connectivity index (χ1v) is 4.47. The predicted molar refractivity (Wildman–Crippen MR) is 52.1 cm³/mol. The Morgan fingerprint density at radius 3 is 2.62 bits per heavy atom. The van der Waals surface area contributed by atoms with E-state index in [1.54, 1.807) is 6.92 Å². The Morgan fingerprint density at radius 2 is 2.23 bits per heavy atom. The maximum atomic E-state index is 11.3. The van der Waals surface area contributed by atoms with Gasteiger partial charge >= 0.3 is 5.97 Å². The quantitative estimate of drug-likeness (QED) is 0.506. The summed E-state index contributed by atoms with van der Waals surface area (Å²) in [7, 11) is 0. The van der Waals surface area contributed by atoms with Gasteiger partial charge in [0.2, 0.25) is 0 Å². The van der Waals surface area contributed by atoms with Gasteiger partial charge in [-0.1, -0.05) is 19.8 Å². The number of carbonyl (C=O) groups excluding carboxylic acids is 1. The van der Waals surface area contributed by atoms with Crippen LogP contribution in [0.15, 0.2) is 0 Å². The van der Waals surface area contributed by atoms with Crippen LogP contribution in [0.1, 0.15) is 20.8 Å². The van der Waals surface area contributed by atoms with Gasteiger partial charge in [0.15, 0.2) is 0 Å². The number of nitrogens with one attached hydrogen (secondary N) is 1. The molecule has 0 radical (unpaired) electrons. The van der Waals surface area contributed by atoms with Gasteiger partial charge in [0.25, 0.3) is 0 Å². The Hall–Kier alpha value is -1.01. The summed E-state index contributed by atoms with van der Waals surface area (Å²) in [6.07, 6.45) is 5.09. The van der Waals surface area contributed by atoms with Crippen molar-refractivity contribution in [3.8, 4) is 12.3 Å². The van der Waals surface area contributed by atoms with Gasteiger partial charge in [-0.25, -0.2) is 0 Å². The zero-order chi connectivity index (χ0) is 10.3. The summed E-state index contributed by atoms with van der Waals surface area (Å²) in [5.74, 6) is 2.39. The van der Waals surface area contributed by atoms with E-state index >= 15 is 0 Å². The molecule has 0 fully saturated rings. The lowest BCUT2D eigenvalue weighted by Crippen LogP contribution is -2.42. The molecule has 3 nitrogen and oxygen atoms in total. The van der Waals surface area contributed by atoms with Crippen molar-refractivity contribution >= 4 is 5.97 Å². The van der Waals surface area contributed by atoms with E-state index in [-0.39, 0.29) is 17.9 Å². The second-order valence-electron chi connectivity index (χ2n) is 3.06. The number of esters is 1. The summed E-state index contributed by atoms with van der Waals surface area (Å²) in [6.45, 7) is 6.48. The summed E-state index contributed by atoms with van der Waals surface area (Å²) in [5, 5.41) is 2.94. The van der Waals surface area contributed by atoms with E-state index in [4.69, 9.17) is 11.2 Å². The van der Waals surface area contributed by atoms with E-state index in [0.717, 1.165) is 0 Å². The third-order valence-electron chi connectivity index (χ3n) is 1.63. The normalized spacial score (nSPS) is 12.2. The van der Waals surface area contributed by atoms with Crippen LogP contribution in [0.2, 0.25) is 0 Å². The molecule has 0 aliphatic rings. The molecule has 1 atom stereocenters. The summed E-state index contributed by atoms with van der Waals surface area (Å²) in [5.41, 5.74) is 0. The number of hydrogen-bond donors (Lipinski definition) is 1. The molecule has 0 aromatic carbocycles. The molecule has 1 unspecified atom stereocenters. The van der Waals surface area contributed by atoms with Crippen LogP contribution in [-0.2, 0) is 9.53 Å². The molecule has 0 aromatic rings. The van der Waals surface area contributed by atoms with Gasteiger partial charge in [-0.3, -0.25) is 10.1 Å². The molecule has 0 heterocycles. The van der Waals surface area contributed by atoms with E-state index < -0.39 is 0 Å². The summed E-state index contributed by atoms with van der Waals surface area (Å²) in [6, 6.07) is -0.295. The van der Waals surface area contributed by atoms with Crippen LogP contribution in [0, 0.1) is 18.3 Å². The van der Waals surface area contributed by atoms with Crippen LogP contribution in [0.4, 0.5) is 0 Å². The minimum Gasteiger partial charge on any atom is -0.465 e. The third kappa shape index (κ3) is 4.54. The Labute approximate surface area is 79.8 Å². The van der Waals surface area contributed by atoms with Gasteiger partial charge in [-0.05, 0) is 12.8 Å². The summed E-state index contributed by atoms with van der Waals surface area (Å²) in [4.78, 5) is 11.3. The van der Waals surface area contributed by atoms with Crippen LogP contribution >= 0.6 is 0 Å². The highest BCUT2D eigenvalue weighted by Crippen LogP contribution is 2.03.